The first-order valence-electron chi connectivity index (χ1n) is 5.20. The van der Waals surface area contributed by atoms with Crippen molar-refractivity contribution in [3.8, 4) is 17.1 Å². The molecule has 0 saturated carbocycles. The lowest BCUT2D eigenvalue weighted by Crippen LogP contribution is -2.10. The van der Waals surface area contributed by atoms with Gasteiger partial charge in [-0.25, -0.2) is 9.97 Å². The van der Waals surface area contributed by atoms with E-state index in [4.69, 9.17) is 22.1 Å². The fourth-order valence-electron chi connectivity index (χ4n) is 1.32. The van der Waals surface area contributed by atoms with Crippen LogP contribution in [0.3, 0.4) is 0 Å². The smallest absolute Gasteiger partial charge is 0.159 e. The summed E-state index contributed by atoms with van der Waals surface area (Å²) in [6.45, 7) is 0.933. The second-order valence-corrected chi connectivity index (χ2v) is 3.82. The SMILES string of the molecule is NCCOc1cnc(-c2ccc(Cl)cc2)nc1. The quantitative estimate of drug-likeness (QED) is 0.902. The molecule has 2 N–H and O–H groups in total. The van der Waals surface area contributed by atoms with E-state index in [-0.39, 0.29) is 0 Å². The number of nitrogens with zero attached hydrogens (tertiary/aromatic N) is 2. The number of hydrogen-bond acceptors (Lipinski definition) is 4. The third-order valence-electron chi connectivity index (χ3n) is 2.12. The number of benzene rings is 1. The summed E-state index contributed by atoms with van der Waals surface area (Å²) < 4.78 is 5.29. The molecule has 0 fully saturated rings. The van der Waals surface area contributed by atoms with Gasteiger partial charge in [0.1, 0.15) is 6.61 Å². The van der Waals surface area contributed by atoms with Crippen molar-refractivity contribution in [1.82, 2.24) is 9.97 Å². The second-order valence-electron chi connectivity index (χ2n) is 3.39. The standard InChI is InChI=1S/C12H12ClN3O/c13-10-3-1-9(2-4-10)12-15-7-11(8-16-12)17-6-5-14/h1-4,7-8H,5-6,14H2. The molecule has 0 bridgehead atoms. The fourth-order valence-corrected chi connectivity index (χ4v) is 1.44. The van der Waals surface area contributed by atoms with Crippen molar-refractivity contribution < 1.29 is 4.74 Å². The van der Waals surface area contributed by atoms with E-state index in [1.54, 1.807) is 24.5 Å². The minimum Gasteiger partial charge on any atom is -0.489 e. The highest BCUT2D eigenvalue weighted by molar-refractivity contribution is 6.30. The Labute approximate surface area is 104 Å². The average Bonchev–Trinajstić information content (AvgIpc) is 2.38. The molecule has 0 saturated heterocycles. The fraction of sp³-hybridized carbons (Fsp3) is 0.167. The van der Waals surface area contributed by atoms with Crippen molar-refractivity contribution in [2.75, 3.05) is 13.2 Å². The van der Waals surface area contributed by atoms with Gasteiger partial charge in [-0.05, 0) is 24.3 Å². The van der Waals surface area contributed by atoms with Crippen LogP contribution in [0.1, 0.15) is 0 Å². The van der Waals surface area contributed by atoms with Gasteiger partial charge in [0.25, 0.3) is 0 Å². The van der Waals surface area contributed by atoms with Crippen molar-refractivity contribution in [2.24, 2.45) is 5.73 Å². The minimum atomic E-state index is 0.462. The van der Waals surface area contributed by atoms with Crippen LogP contribution in [0.2, 0.25) is 5.02 Å². The van der Waals surface area contributed by atoms with E-state index in [1.807, 2.05) is 12.1 Å². The van der Waals surface area contributed by atoms with E-state index in [1.165, 1.54) is 0 Å². The second kappa shape index (κ2) is 5.61. The van der Waals surface area contributed by atoms with Gasteiger partial charge in [-0.2, -0.15) is 0 Å². The summed E-state index contributed by atoms with van der Waals surface area (Å²) in [4.78, 5) is 8.42. The molecule has 0 radical (unpaired) electrons. The van der Waals surface area contributed by atoms with Crippen LogP contribution in [0.25, 0.3) is 11.4 Å². The molecule has 5 heteroatoms. The van der Waals surface area contributed by atoms with Gasteiger partial charge in [-0.15, -0.1) is 0 Å². The summed E-state index contributed by atoms with van der Waals surface area (Å²) in [7, 11) is 0. The van der Waals surface area contributed by atoms with Crippen molar-refractivity contribution in [2.45, 2.75) is 0 Å². The molecule has 1 heterocycles. The number of nitrogens with two attached hydrogens (primary N) is 1. The molecule has 0 unspecified atom stereocenters. The molecule has 17 heavy (non-hydrogen) atoms. The van der Waals surface area contributed by atoms with Crippen LogP contribution in [0.4, 0.5) is 0 Å². The van der Waals surface area contributed by atoms with Crippen LogP contribution in [-0.2, 0) is 0 Å². The topological polar surface area (TPSA) is 61.0 Å². The molecule has 2 aromatic rings. The maximum absolute atomic E-state index is 5.81. The molecule has 1 aromatic carbocycles. The molecule has 0 aliphatic rings. The van der Waals surface area contributed by atoms with E-state index in [0.29, 0.717) is 29.7 Å². The molecule has 0 spiro atoms. The number of rotatable bonds is 4. The van der Waals surface area contributed by atoms with Gasteiger partial charge in [0.15, 0.2) is 11.6 Å². The van der Waals surface area contributed by atoms with Gasteiger partial charge >= 0.3 is 0 Å². The Morgan fingerprint density at radius 3 is 2.35 bits per heavy atom. The van der Waals surface area contributed by atoms with E-state index in [9.17, 15) is 0 Å². The molecule has 2 rings (SSSR count). The van der Waals surface area contributed by atoms with E-state index >= 15 is 0 Å². The van der Waals surface area contributed by atoms with Crippen molar-refractivity contribution in [3.05, 3.63) is 41.7 Å². The number of ether oxygens (including phenoxy) is 1. The Morgan fingerprint density at radius 2 is 1.76 bits per heavy atom. The van der Waals surface area contributed by atoms with Crippen LogP contribution in [0.15, 0.2) is 36.7 Å². The molecule has 88 valence electrons. The summed E-state index contributed by atoms with van der Waals surface area (Å²) in [5.74, 6) is 1.26. The summed E-state index contributed by atoms with van der Waals surface area (Å²) in [5, 5.41) is 0.691. The highest BCUT2D eigenvalue weighted by Gasteiger charge is 2.01. The summed E-state index contributed by atoms with van der Waals surface area (Å²) >= 11 is 5.81. The molecule has 0 amide bonds. The Hall–Kier alpha value is -1.65. The first kappa shape index (κ1) is 11.8. The molecule has 0 aliphatic carbocycles. The summed E-state index contributed by atoms with van der Waals surface area (Å²) in [6, 6.07) is 7.36. The molecule has 0 aliphatic heterocycles. The van der Waals surface area contributed by atoms with Gasteiger partial charge in [0.05, 0.1) is 12.4 Å². The van der Waals surface area contributed by atoms with Gasteiger partial charge in [0.2, 0.25) is 0 Å². The monoisotopic (exact) mass is 249 g/mol. The van der Waals surface area contributed by atoms with E-state index in [0.717, 1.165) is 5.56 Å². The summed E-state index contributed by atoms with van der Waals surface area (Å²) in [5.41, 5.74) is 6.25. The zero-order valence-electron chi connectivity index (χ0n) is 9.14. The Bertz CT molecular complexity index is 470. The highest BCUT2D eigenvalue weighted by Crippen LogP contribution is 2.18. The molecular weight excluding hydrogens is 238 g/mol. The van der Waals surface area contributed by atoms with Crippen molar-refractivity contribution >= 4 is 11.6 Å². The molecule has 0 atom stereocenters. The maximum atomic E-state index is 5.81. The number of aromatic nitrogens is 2. The molecule has 1 aromatic heterocycles. The Morgan fingerprint density at radius 1 is 1.12 bits per heavy atom. The van der Waals surface area contributed by atoms with Gasteiger partial charge in [-0.1, -0.05) is 11.6 Å². The Balaban J connectivity index is 2.14. The third-order valence-corrected chi connectivity index (χ3v) is 2.37. The van der Waals surface area contributed by atoms with Crippen LogP contribution < -0.4 is 10.5 Å². The summed E-state index contributed by atoms with van der Waals surface area (Å²) in [6.07, 6.45) is 3.26. The first-order chi connectivity index (χ1) is 8.29. The minimum absolute atomic E-state index is 0.462. The maximum Gasteiger partial charge on any atom is 0.159 e. The van der Waals surface area contributed by atoms with Gasteiger partial charge in [-0.3, -0.25) is 0 Å². The predicted molar refractivity (Wildman–Crippen MR) is 67.0 cm³/mol. The lowest BCUT2D eigenvalue weighted by Gasteiger charge is -2.04. The molecule has 4 nitrogen and oxygen atoms in total. The number of halogens is 1. The highest BCUT2D eigenvalue weighted by atomic mass is 35.5. The normalized spacial score (nSPS) is 10.2. The van der Waals surface area contributed by atoms with Crippen LogP contribution in [0, 0.1) is 0 Å². The lowest BCUT2D eigenvalue weighted by atomic mass is 10.2. The third kappa shape index (κ3) is 3.15. The van der Waals surface area contributed by atoms with Crippen molar-refractivity contribution in [1.29, 1.82) is 0 Å². The average molecular weight is 250 g/mol. The van der Waals surface area contributed by atoms with Crippen LogP contribution in [0.5, 0.6) is 5.75 Å². The van der Waals surface area contributed by atoms with Crippen LogP contribution in [-0.4, -0.2) is 23.1 Å². The largest absolute Gasteiger partial charge is 0.489 e. The van der Waals surface area contributed by atoms with Gasteiger partial charge < -0.3 is 10.5 Å². The lowest BCUT2D eigenvalue weighted by molar-refractivity contribution is 0.325. The number of hydrogen-bond donors (Lipinski definition) is 1. The van der Waals surface area contributed by atoms with E-state index in [2.05, 4.69) is 9.97 Å². The van der Waals surface area contributed by atoms with Crippen LogP contribution >= 0.6 is 11.6 Å². The zero-order chi connectivity index (χ0) is 12.1. The predicted octanol–water partition coefficient (Wildman–Crippen LogP) is 2.13. The van der Waals surface area contributed by atoms with Crippen molar-refractivity contribution in [3.63, 3.8) is 0 Å². The Kier molecular flexibility index (Phi) is 3.90. The molecular formula is C12H12ClN3O. The van der Waals surface area contributed by atoms with Gasteiger partial charge in [0, 0.05) is 17.1 Å². The van der Waals surface area contributed by atoms with E-state index < -0.39 is 0 Å². The zero-order valence-corrected chi connectivity index (χ0v) is 9.89. The first-order valence-corrected chi connectivity index (χ1v) is 5.58.